The van der Waals surface area contributed by atoms with Gasteiger partial charge in [-0.3, -0.25) is 4.79 Å². The lowest BCUT2D eigenvalue weighted by molar-refractivity contribution is -0.302. The molecule has 7 atom stereocenters. The van der Waals surface area contributed by atoms with Crippen LogP contribution in [-0.2, 0) is 14.3 Å². The van der Waals surface area contributed by atoms with Crippen molar-refractivity contribution in [2.75, 3.05) is 13.2 Å². The van der Waals surface area contributed by atoms with Crippen molar-refractivity contribution in [3.05, 3.63) is 60.8 Å². The largest absolute Gasteiger partial charge is 0.394 e. The molecule has 0 aromatic heterocycles. The standard InChI is InChI=1S/C39H67NO8/c1-3-5-7-9-11-13-15-16-17-18-19-21-23-25-27-29-35(43)40-32(31-47-39-38(46)37(45)36(44)34(30-41)48-39)33(42)28-26-24-22-20-14-12-10-8-6-4-2/h5,7,11,13-14,16-17,20,26,28,32-34,36-39,41-42,44-46H,3-4,6,8-10,12,15,18-19,21-25,27,29-31H2,1-2H3,(H,40,43)/b7-5-,13-11-,17-16-,20-14+,28-26+. The van der Waals surface area contributed by atoms with E-state index in [0.29, 0.717) is 6.42 Å². The molecule has 6 N–H and O–H groups in total. The molecule has 48 heavy (non-hydrogen) atoms. The zero-order valence-electron chi connectivity index (χ0n) is 29.7. The molecule has 0 bridgehead atoms. The smallest absolute Gasteiger partial charge is 0.220 e. The molecule has 0 aromatic rings. The maximum atomic E-state index is 12.8. The molecule has 1 aliphatic rings. The highest BCUT2D eigenvalue weighted by atomic mass is 16.7. The fraction of sp³-hybridized carbons (Fsp3) is 0.718. The number of nitrogens with one attached hydrogen (secondary N) is 1. The first kappa shape index (κ1) is 43.9. The molecule has 7 unspecified atom stereocenters. The van der Waals surface area contributed by atoms with Gasteiger partial charge in [0.15, 0.2) is 6.29 Å². The van der Waals surface area contributed by atoms with Gasteiger partial charge >= 0.3 is 0 Å². The van der Waals surface area contributed by atoms with Crippen molar-refractivity contribution in [1.29, 1.82) is 0 Å². The van der Waals surface area contributed by atoms with Gasteiger partial charge in [0.25, 0.3) is 0 Å². The minimum Gasteiger partial charge on any atom is -0.394 e. The van der Waals surface area contributed by atoms with Crippen LogP contribution in [0, 0.1) is 0 Å². The lowest BCUT2D eigenvalue weighted by Gasteiger charge is -2.40. The van der Waals surface area contributed by atoms with E-state index in [2.05, 4.69) is 67.8 Å². The highest BCUT2D eigenvalue weighted by Gasteiger charge is 2.44. The summed E-state index contributed by atoms with van der Waals surface area (Å²) in [5.74, 6) is -0.211. The van der Waals surface area contributed by atoms with Gasteiger partial charge in [0.05, 0.1) is 25.4 Å². The monoisotopic (exact) mass is 677 g/mol. The van der Waals surface area contributed by atoms with Crippen molar-refractivity contribution >= 4 is 5.91 Å². The third-order valence-corrected chi connectivity index (χ3v) is 8.33. The van der Waals surface area contributed by atoms with E-state index in [1.807, 2.05) is 6.08 Å². The fourth-order valence-electron chi connectivity index (χ4n) is 5.30. The summed E-state index contributed by atoms with van der Waals surface area (Å²) in [7, 11) is 0. The van der Waals surface area contributed by atoms with Gasteiger partial charge in [-0.2, -0.15) is 0 Å². The lowest BCUT2D eigenvalue weighted by atomic mass is 9.99. The molecule has 0 spiro atoms. The average Bonchev–Trinajstić information content (AvgIpc) is 3.08. The van der Waals surface area contributed by atoms with E-state index in [-0.39, 0.29) is 12.5 Å². The van der Waals surface area contributed by atoms with Gasteiger partial charge in [-0.05, 0) is 64.2 Å². The first-order chi connectivity index (χ1) is 23.3. The van der Waals surface area contributed by atoms with E-state index in [1.165, 1.54) is 25.7 Å². The number of hydrogen-bond acceptors (Lipinski definition) is 8. The summed E-state index contributed by atoms with van der Waals surface area (Å²) in [4.78, 5) is 12.8. The van der Waals surface area contributed by atoms with E-state index >= 15 is 0 Å². The van der Waals surface area contributed by atoms with Crippen LogP contribution in [0.25, 0.3) is 0 Å². The summed E-state index contributed by atoms with van der Waals surface area (Å²) >= 11 is 0. The molecule has 276 valence electrons. The first-order valence-electron chi connectivity index (χ1n) is 18.5. The van der Waals surface area contributed by atoms with Gasteiger partial charge in [-0.1, -0.05) is 113 Å². The van der Waals surface area contributed by atoms with Crippen LogP contribution in [0.2, 0.25) is 0 Å². The summed E-state index contributed by atoms with van der Waals surface area (Å²) in [6.45, 7) is 3.55. The van der Waals surface area contributed by atoms with Crippen molar-refractivity contribution in [2.24, 2.45) is 0 Å². The predicted octanol–water partition coefficient (Wildman–Crippen LogP) is 6.10. The van der Waals surface area contributed by atoms with E-state index in [9.17, 15) is 30.3 Å². The van der Waals surface area contributed by atoms with Gasteiger partial charge in [0.2, 0.25) is 5.91 Å². The summed E-state index contributed by atoms with van der Waals surface area (Å²) in [5, 5.41) is 53.7. The Bertz CT molecular complexity index is 931. The fourth-order valence-corrected chi connectivity index (χ4v) is 5.30. The average molecular weight is 678 g/mol. The Morgan fingerprint density at radius 3 is 2.00 bits per heavy atom. The quantitative estimate of drug-likeness (QED) is 0.0430. The van der Waals surface area contributed by atoms with Crippen LogP contribution in [0.15, 0.2) is 60.8 Å². The number of carbonyl (C=O) groups is 1. The van der Waals surface area contributed by atoms with Gasteiger partial charge in [-0.25, -0.2) is 0 Å². The molecule has 1 amide bonds. The topological polar surface area (TPSA) is 149 Å². The maximum Gasteiger partial charge on any atom is 0.220 e. The lowest BCUT2D eigenvalue weighted by Crippen LogP contribution is -2.60. The molecular formula is C39H67NO8. The molecule has 1 heterocycles. The second-order valence-electron chi connectivity index (χ2n) is 12.6. The predicted molar refractivity (Wildman–Crippen MR) is 193 cm³/mol. The molecule has 1 fully saturated rings. The number of rotatable bonds is 28. The summed E-state index contributed by atoms with van der Waals surface area (Å²) in [5.41, 5.74) is 0. The van der Waals surface area contributed by atoms with Crippen molar-refractivity contribution in [3.8, 4) is 0 Å². The Balaban J connectivity index is 2.50. The molecule has 0 radical (unpaired) electrons. The Hall–Kier alpha value is -2.11. The normalized spacial score (nSPS) is 23.4. The SMILES string of the molecule is CC/C=C\C/C=C\C/C=C\CCCCCCCC(=O)NC(COC1OC(CO)C(O)C(O)C1O)C(O)/C=C/CC/C=C/CCCCCC. The van der Waals surface area contributed by atoms with E-state index in [0.717, 1.165) is 77.0 Å². The van der Waals surface area contributed by atoms with E-state index in [4.69, 9.17) is 9.47 Å². The van der Waals surface area contributed by atoms with Gasteiger partial charge in [0, 0.05) is 6.42 Å². The minimum absolute atomic E-state index is 0.211. The Morgan fingerprint density at radius 1 is 0.729 bits per heavy atom. The van der Waals surface area contributed by atoms with Crippen LogP contribution < -0.4 is 5.32 Å². The van der Waals surface area contributed by atoms with E-state index in [1.54, 1.807) is 6.08 Å². The number of ether oxygens (including phenoxy) is 2. The molecular weight excluding hydrogens is 610 g/mol. The Morgan fingerprint density at radius 2 is 1.31 bits per heavy atom. The second-order valence-corrected chi connectivity index (χ2v) is 12.6. The number of aliphatic hydroxyl groups excluding tert-OH is 5. The molecule has 0 saturated carbocycles. The number of amides is 1. The molecule has 0 aromatic carbocycles. The van der Waals surface area contributed by atoms with Gasteiger partial charge < -0.3 is 40.3 Å². The summed E-state index contributed by atoms with van der Waals surface area (Å²) in [6, 6.07) is -0.829. The zero-order chi connectivity index (χ0) is 35.2. The number of allylic oxidation sites excluding steroid dienone is 9. The molecule has 9 heteroatoms. The molecule has 9 nitrogen and oxygen atoms in total. The number of hydrogen-bond donors (Lipinski definition) is 6. The summed E-state index contributed by atoms with van der Waals surface area (Å²) < 4.78 is 11.1. The molecule has 1 rings (SSSR count). The van der Waals surface area contributed by atoms with Crippen LogP contribution in [-0.4, -0.2) is 87.5 Å². The Kier molecular flexibility index (Phi) is 27.2. The van der Waals surface area contributed by atoms with Gasteiger partial charge in [-0.15, -0.1) is 0 Å². The molecule has 1 saturated heterocycles. The number of aliphatic hydroxyl groups is 5. The highest BCUT2D eigenvalue weighted by Crippen LogP contribution is 2.22. The van der Waals surface area contributed by atoms with E-state index < -0.39 is 49.5 Å². The Labute approximate surface area is 290 Å². The van der Waals surface area contributed by atoms with Crippen molar-refractivity contribution in [1.82, 2.24) is 5.32 Å². The molecule has 0 aliphatic carbocycles. The minimum atomic E-state index is -1.57. The van der Waals surface area contributed by atoms with Crippen molar-refractivity contribution < 1.29 is 39.8 Å². The van der Waals surface area contributed by atoms with Crippen LogP contribution in [0.5, 0.6) is 0 Å². The third-order valence-electron chi connectivity index (χ3n) is 8.33. The number of carbonyl (C=O) groups excluding carboxylic acids is 1. The van der Waals surface area contributed by atoms with Crippen LogP contribution in [0.3, 0.4) is 0 Å². The zero-order valence-corrected chi connectivity index (χ0v) is 29.7. The van der Waals surface area contributed by atoms with Crippen LogP contribution in [0.4, 0.5) is 0 Å². The van der Waals surface area contributed by atoms with Crippen LogP contribution >= 0.6 is 0 Å². The highest BCUT2D eigenvalue weighted by molar-refractivity contribution is 5.76. The van der Waals surface area contributed by atoms with Crippen molar-refractivity contribution in [3.63, 3.8) is 0 Å². The van der Waals surface area contributed by atoms with Crippen LogP contribution in [0.1, 0.15) is 123 Å². The number of unbranched alkanes of at least 4 members (excludes halogenated alkanes) is 10. The van der Waals surface area contributed by atoms with Crippen molar-refractivity contribution in [2.45, 2.75) is 166 Å². The second kappa shape index (κ2) is 29.8. The third kappa shape index (κ3) is 21.1. The maximum absolute atomic E-state index is 12.8. The summed E-state index contributed by atoms with van der Waals surface area (Å²) in [6.07, 6.45) is 29.8. The first-order valence-corrected chi connectivity index (χ1v) is 18.5. The molecule has 1 aliphatic heterocycles. The van der Waals surface area contributed by atoms with Gasteiger partial charge in [0.1, 0.15) is 24.4 Å².